The molecule has 2 nitrogen and oxygen atoms in total. The van der Waals surface area contributed by atoms with E-state index in [0.29, 0.717) is 17.8 Å². The Kier molecular flexibility index (Phi) is 3.55. The first-order valence-electron chi connectivity index (χ1n) is 7.98. The van der Waals surface area contributed by atoms with Gasteiger partial charge < -0.3 is 5.11 Å². The van der Waals surface area contributed by atoms with Gasteiger partial charge in [-0.25, -0.2) is 0 Å². The molecule has 19 heavy (non-hydrogen) atoms. The Hall–Kier alpha value is -0.630. The quantitative estimate of drug-likeness (QED) is 0.793. The van der Waals surface area contributed by atoms with E-state index in [2.05, 4.69) is 13.5 Å². The van der Waals surface area contributed by atoms with Crippen LogP contribution in [0.3, 0.4) is 0 Å². The van der Waals surface area contributed by atoms with Crippen LogP contribution in [0.2, 0.25) is 0 Å². The molecule has 0 aliphatic heterocycles. The zero-order valence-electron chi connectivity index (χ0n) is 11.9. The lowest BCUT2D eigenvalue weighted by atomic mass is 9.54. The summed E-state index contributed by atoms with van der Waals surface area (Å²) in [7, 11) is 0. The van der Waals surface area contributed by atoms with Crippen molar-refractivity contribution >= 4 is 5.78 Å². The Morgan fingerprint density at radius 1 is 1.16 bits per heavy atom. The second-order valence-electron chi connectivity index (χ2n) is 7.13. The Bertz CT molecular complexity index is 361. The smallest absolute Gasteiger partial charge is 0.161 e. The van der Waals surface area contributed by atoms with Gasteiger partial charge in [-0.2, -0.15) is 0 Å². The highest BCUT2D eigenvalue weighted by Gasteiger charge is 2.49. The number of carbonyl (C=O) groups is 1. The molecule has 0 spiro atoms. The zero-order chi connectivity index (χ0) is 13.6. The summed E-state index contributed by atoms with van der Waals surface area (Å²) in [5.41, 5.74) is 0. The van der Waals surface area contributed by atoms with Crippen molar-refractivity contribution in [3.8, 4) is 0 Å². The number of hydrogen-bond donors (Lipinski definition) is 1. The number of aliphatic hydroxyl groups excluding tert-OH is 1. The van der Waals surface area contributed by atoms with E-state index < -0.39 is 6.10 Å². The van der Waals surface area contributed by atoms with Crippen LogP contribution in [0, 0.1) is 35.5 Å². The Labute approximate surface area is 116 Å². The molecule has 5 atom stereocenters. The Morgan fingerprint density at radius 2 is 1.74 bits per heavy atom. The van der Waals surface area contributed by atoms with Gasteiger partial charge in [0.15, 0.2) is 5.78 Å². The molecule has 2 heteroatoms. The maximum absolute atomic E-state index is 12.3. The molecule has 0 amide bonds. The lowest BCUT2D eigenvalue weighted by molar-refractivity contribution is -0.135. The molecule has 4 aliphatic carbocycles. The molecule has 0 radical (unpaired) electrons. The predicted molar refractivity (Wildman–Crippen MR) is 75.5 cm³/mol. The molecule has 0 heterocycles. The van der Waals surface area contributed by atoms with E-state index in [1.807, 2.05) is 0 Å². The van der Waals surface area contributed by atoms with E-state index in [0.717, 1.165) is 31.1 Å². The molecular weight excluding hydrogens is 236 g/mol. The molecular formula is C17H26O2. The summed E-state index contributed by atoms with van der Waals surface area (Å²) in [6.07, 6.45) is 8.27. The number of carbonyl (C=O) groups excluding carboxylic acids is 1. The molecule has 0 aromatic carbocycles. The fraction of sp³-hybridized carbons (Fsp3) is 0.824. The van der Waals surface area contributed by atoms with Crippen molar-refractivity contribution < 1.29 is 9.90 Å². The van der Waals surface area contributed by atoms with Gasteiger partial charge in [0.2, 0.25) is 0 Å². The molecule has 5 unspecified atom stereocenters. The number of rotatable bonds is 3. The maximum atomic E-state index is 12.3. The molecule has 1 N–H and O–H groups in total. The first-order valence-corrected chi connectivity index (χ1v) is 7.98. The van der Waals surface area contributed by atoms with Gasteiger partial charge in [-0.1, -0.05) is 19.9 Å². The lowest BCUT2D eigenvalue weighted by Gasteiger charge is -2.52. The van der Waals surface area contributed by atoms with Crippen LogP contribution in [-0.4, -0.2) is 17.0 Å². The highest BCUT2D eigenvalue weighted by Crippen LogP contribution is 2.53. The molecule has 0 saturated heterocycles. The van der Waals surface area contributed by atoms with Crippen molar-refractivity contribution in [2.45, 2.75) is 51.6 Å². The van der Waals surface area contributed by atoms with E-state index in [9.17, 15) is 9.90 Å². The van der Waals surface area contributed by atoms with E-state index >= 15 is 0 Å². The average molecular weight is 262 g/mol. The van der Waals surface area contributed by atoms with Gasteiger partial charge >= 0.3 is 0 Å². The highest BCUT2D eigenvalue weighted by molar-refractivity contribution is 5.92. The summed E-state index contributed by atoms with van der Waals surface area (Å²) in [6.45, 7) is 5.83. The van der Waals surface area contributed by atoms with Crippen LogP contribution in [0.5, 0.6) is 0 Å². The van der Waals surface area contributed by atoms with Gasteiger partial charge in [0, 0.05) is 0 Å². The van der Waals surface area contributed by atoms with Crippen LogP contribution in [-0.2, 0) is 4.79 Å². The second kappa shape index (κ2) is 5.05. The van der Waals surface area contributed by atoms with Crippen LogP contribution in [0.25, 0.3) is 0 Å². The summed E-state index contributed by atoms with van der Waals surface area (Å²) in [4.78, 5) is 12.3. The normalized spacial score (nSPS) is 48.6. The summed E-state index contributed by atoms with van der Waals surface area (Å²) < 4.78 is 0. The minimum absolute atomic E-state index is 0.0758. The standard InChI is InChI=1S/C17H26O2/c1-3-14-12-6-10-5-11(7-12)9-13(8-10)17(19)16(14)15(18)4-2/h4,10-14,16-17,19H,2-3,5-9H2,1H3. The number of aliphatic hydroxyl groups is 1. The molecule has 4 rings (SSSR count). The van der Waals surface area contributed by atoms with Crippen LogP contribution >= 0.6 is 0 Å². The fourth-order valence-corrected chi connectivity index (χ4v) is 5.52. The third-order valence-electron chi connectivity index (χ3n) is 6.13. The van der Waals surface area contributed by atoms with Crippen molar-refractivity contribution in [3.05, 3.63) is 12.7 Å². The average Bonchev–Trinajstić information content (AvgIpc) is 2.41. The molecule has 4 fully saturated rings. The van der Waals surface area contributed by atoms with Crippen molar-refractivity contribution in [1.29, 1.82) is 0 Å². The van der Waals surface area contributed by atoms with Gasteiger partial charge in [0.25, 0.3) is 0 Å². The first-order chi connectivity index (χ1) is 9.13. The second-order valence-corrected chi connectivity index (χ2v) is 7.13. The number of ketones is 1. The van der Waals surface area contributed by atoms with Gasteiger partial charge in [-0.05, 0) is 67.8 Å². The lowest BCUT2D eigenvalue weighted by Crippen LogP contribution is -2.49. The van der Waals surface area contributed by atoms with Crippen molar-refractivity contribution in [1.82, 2.24) is 0 Å². The highest BCUT2D eigenvalue weighted by atomic mass is 16.3. The van der Waals surface area contributed by atoms with Crippen LogP contribution < -0.4 is 0 Å². The van der Waals surface area contributed by atoms with Gasteiger partial charge in [-0.15, -0.1) is 0 Å². The Morgan fingerprint density at radius 3 is 2.26 bits per heavy atom. The molecule has 4 aliphatic rings. The van der Waals surface area contributed by atoms with E-state index in [1.165, 1.54) is 25.3 Å². The molecule has 106 valence electrons. The van der Waals surface area contributed by atoms with E-state index in [1.54, 1.807) is 0 Å². The van der Waals surface area contributed by atoms with Crippen LogP contribution in [0.4, 0.5) is 0 Å². The topological polar surface area (TPSA) is 37.3 Å². The monoisotopic (exact) mass is 262 g/mol. The molecule has 0 aromatic rings. The molecule has 4 saturated carbocycles. The van der Waals surface area contributed by atoms with Crippen LogP contribution in [0.15, 0.2) is 12.7 Å². The van der Waals surface area contributed by atoms with Crippen molar-refractivity contribution in [2.24, 2.45) is 35.5 Å². The summed E-state index contributed by atoms with van der Waals surface area (Å²) in [6, 6.07) is 0. The largest absolute Gasteiger partial charge is 0.392 e. The Balaban J connectivity index is 1.95. The summed E-state index contributed by atoms with van der Waals surface area (Å²) >= 11 is 0. The van der Waals surface area contributed by atoms with Gasteiger partial charge in [0.1, 0.15) is 0 Å². The SMILES string of the molecule is C=CC(=O)C1C(O)C2CC3CC(C2)CC(C3)C1CC. The van der Waals surface area contributed by atoms with Gasteiger partial charge in [0.05, 0.1) is 12.0 Å². The summed E-state index contributed by atoms with van der Waals surface area (Å²) in [5.74, 6) is 2.89. The number of fused-ring (bicyclic) bond motifs is 2. The number of allylic oxidation sites excluding steroid dienone is 1. The van der Waals surface area contributed by atoms with Gasteiger partial charge in [-0.3, -0.25) is 4.79 Å². The summed E-state index contributed by atoms with van der Waals surface area (Å²) in [5, 5.41) is 10.8. The molecule has 0 aromatic heterocycles. The van der Waals surface area contributed by atoms with E-state index in [-0.39, 0.29) is 11.7 Å². The minimum atomic E-state index is -0.427. The third kappa shape index (κ3) is 2.18. The van der Waals surface area contributed by atoms with Crippen LogP contribution in [0.1, 0.15) is 45.4 Å². The maximum Gasteiger partial charge on any atom is 0.161 e. The van der Waals surface area contributed by atoms with E-state index in [4.69, 9.17) is 0 Å². The first kappa shape index (κ1) is 13.4. The van der Waals surface area contributed by atoms with Crippen molar-refractivity contribution in [3.63, 3.8) is 0 Å². The molecule has 4 bridgehead atoms. The predicted octanol–water partition coefficient (Wildman–Crippen LogP) is 3.20. The number of hydrogen-bond acceptors (Lipinski definition) is 2. The zero-order valence-corrected chi connectivity index (χ0v) is 11.9. The van der Waals surface area contributed by atoms with Crippen molar-refractivity contribution in [2.75, 3.05) is 0 Å². The fourth-order valence-electron chi connectivity index (χ4n) is 5.52. The third-order valence-corrected chi connectivity index (χ3v) is 6.13. The minimum Gasteiger partial charge on any atom is -0.392 e.